The van der Waals surface area contributed by atoms with Gasteiger partial charge in [-0.1, -0.05) is 19.8 Å². The molecular formula is C10H19N. The normalized spacial score (nSPS) is 35.2. The highest BCUT2D eigenvalue weighted by molar-refractivity contribution is 4.82. The first kappa shape index (κ1) is 7.60. The Morgan fingerprint density at radius 3 is 2.36 bits per heavy atom. The summed E-state index contributed by atoms with van der Waals surface area (Å²) in [5, 5.41) is 0. The Bertz CT molecular complexity index is 127. The van der Waals surface area contributed by atoms with Crippen molar-refractivity contribution in [1.29, 1.82) is 0 Å². The maximum atomic E-state index is 2.72. The van der Waals surface area contributed by atoms with Crippen LogP contribution in [0.2, 0.25) is 0 Å². The Morgan fingerprint density at radius 1 is 1.09 bits per heavy atom. The number of hydrogen-bond acceptors (Lipinski definition) is 1. The van der Waals surface area contributed by atoms with Crippen molar-refractivity contribution in [2.45, 2.75) is 45.1 Å². The highest BCUT2D eigenvalue weighted by atomic mass is 15.2. The van der Waals surface area contributed by atoms with E-state index in [0.29, 0.717) is 0 Å². The number of nitrogens with zero attached hydrogens (tertiary/aromatic N) is 1. The molecule has 0 aromatic carbocycles. The standard InChI is InChI=1S/C10H19N/c1-9-6-7-11(8-9)10-4-2-3-5-10/h9-10H,2-8H2,1H3/t9-/m1/s1. The molecule has 0 spiro atoms. The minimum absolute atomic E-state index is 0.968. The lowest BCUT2D eigenvalue weighted by molar-refractivity contribution is 0.239. The lowest BCUT2D eigenvalue weighted by atomic mass is 10.2. The monoisotopic (exact) mass is 153 g/mol. The van der Waals surface area contributed by atoms with Gasteiger partial charge in [0.2, 0.25) is 0 Å². The van der Waals surface area contributed by atoms with Gasteiger partial charge >= 0.3 is 0 Å². The van der Waals surface area contributed by atoms with Gasteiger partial charge in [0.1, 0.15) is 0 Å². The Kier molecular flexibility index (Phi) is 2.17. The first-order chi connectivity index (χ1) is 5.36. The molecule has 2 rings (SSSR count). The predicted molar refractivity (Wildman–Crippen MR) is 47.6 cm³/mol. The molecule has 1 heterocycles. The van der Waals surface area contributed by atoms with Crippen LogP contribution in [-0.2, 0) is 0 Å². The van der Waals surface area contributed by atoms with Crippen LogP contribution < -0.4 is 0 Å². The van der Waals surface area contributed by atoms with E-state index in [1.54, 1.807) is 0 Å². The van der Waals surface area contributed by atoms with Crippen LogP contribution in [0.5, 0.6) is 0 Å². The number of hydrogen-bond donors (Lipinski definition) is 0. The zero-order chi connectivity index (χ0) is 7.68. The van der Waals surface area contributed by atoms with Crippen molar-refractivity contribution in [3.05, 3.63) is 0 Å². The zero-order valence-electron chi connectivity index (χ0n) is 7.55. The van der Waals surface area contributed by atoms with Gasteiger partial charge in [0.05, 0.1) is 0 Å². The largest absolute Gasteiger partial charge is 0.300 e. The first-order valence-electron chi connectivity index (χ1n) is 5.10. The molecule has 0 radical (unpaired) electrons. The molecule has 1 aliphatic carbocycles. The van der Waals surface area contributed by atoms with Crippen molar-refractivity contribution >= 4 is 0 Å². The molecule has 64 valence electrons. The number of rotatable bonds is 1. The molecule has 0 bridgehead atoms. The third-order valence-corrected chi connectivity index (χ3v) is 3.30. The van der Waals surface area contributed by atoms with Gasteiger partial charge < -0.3 is 4.90 Å². The fourth-order valence-corrected chi connectivity index (χ4v) is 2.57. The van der Waals surface area contributed by atoms with E-state index in [-0.39, 0.29) is 0 Å². The van der Waals surface area contributed by atoms with Gasteiger partial charge in [-0.25, -0.2) is 0 Å². The van der Waals surface area contributed by atoms with E-state index in [0.717, 1.165) is 12.0 Å². The minimum atomic E-state index is 0.968. The van der Waals surface area contributed by atoms with Crippen molar-refractivity contribution < 1.29 is 0 Å². The molecule has 0 N–H and O–H groups in total. The van der Waals surface area contributed by atoms with Gasteiger partial charge in [-0.05, 0) is 31.7 Å². The van der Waals surface area contributed by atoms with Gasteiger partial charge in [-0.2, -0.15) is 0 Å². The van der Waals surface area contributed by atoms with E-state index < -0.39 is 0 Å². The van der Waals surface area contributed by atoms with Gasteiger partial charge in [-0.3, -0.25) is 0 Å². The van der Waals surface area contributed by atoms with E-state index in [4.69, 9.17) is 0 Å². The Balaban J connectivity index is 1.85. The highest BCUT2D eigenvalue weighted by Gasteiger charge is 2.27. The summed E-state index contributed by atoms with van der Waals surface area (Å²) in [6.07, 6.45) is 7.36. The quantitative estimate of drug-likeness (QED) is 0.558. The third-order valence-electron chi connectivity index (χ3n) is 3.30. The summed E-state index contributed by atoms with van der Waals surface area (Å²) in [6.45, 7) is 5.14. The number of likely N-dealkylation sites (tertiary alicyclic amines) is 1. The van der Waals surface area contributed by atoms with E-state index in [1.807, 2.05) is 0 Å². The first-order valence-corrected chi connectivity index (χ1v) is 5.10. The van der Waals surface area contributed by atoms with Gasteiger partial charge in [0.15, 0.2) is 0 Å². The van der Waals surface area contributed by atoms with Gasteiger partial charge in [0.25, 0.3) is 0 Å². The van der Waals surface area contributed by atoms with Crippen molar-refractivity contribution in [3.63, 3.8) is 0 Å². The van der Waals surface area contributed by atoms with Crippen LogP contribution in [0, 0.1) is 5.92 Å². The van der Waals surface area contributed by atoms with Gasteiger partial charge in [-0.15, -0.1) is 0 Å². The molecule has 0 aromatic rings. The molecule has 0 aromatic heterocycles. The minimum Gasteiger partial charge on any atom is -0.300 e. The summed E-state index contributed by atoms with van der Waals surface area (Å²) in [5.74, 6) is 0.968. The molecule has 2 fully saturated rings. The summed E-state index contributed by atoms with van der Waals surface area (Å²) >= 11 is 0. The van der Waals surface area contributed by atoms with Crippen LogP contribution in [0.25, 0.3) is 0 Å². The van der Waals surface area contributed by atoms with Crippen LogP contribution in [0.1, 0.15) is 39.0 Å². The molecule has 1 heteroatoms. The molecule has 1 nitrogen and oxygen atoms in total. The van der Waals surface area contributed by atoms with E-state index in [9.17, 15) is 0 Å². The van der Waals surface area contributed by atoms with Crippen molar-refractivity contribution in [3.8, 4) is 0 Å². The lowest BCUT2D eigenvalue weighted by Crippen LogP contribution is -2.30. The fraction of sp³-hybridized carbons (Fsp3) is 1.00. The smallest absolute Gasteiger partial charge is 0.00953 e. The molecule has 0 unspecified atom stereocenters. The Morgan fingerprint density at radius 2 is 1.82 bits per heavy atom. The maximum absolute atomic E-state index is 2.72. The molecule has 1 saturated heterocycles. The molecule has 1 saturated carbocycles. The van der Waals surface area contributed by atoms with Crippen LogP contribution >= 0.6 is 0 Å². The average molecular weight is 153 g/mol. The maximum Gasteiger partial charge on any atom is 0.00953 e. The van der Waals surface area contributed by atoms with E-state index >= 15 is 0 Å². The van der Waals surface area contributed by atoms with Crippen LogP contribution in [0.4, 0.5) is 0 Å². The summed E-state index contributed by atoms with van der Waals surface area (Å²) in [6, 6.07) is 0.972. The average Bonchev–Trinajstić information content (AvgIpc) is 2.55. The Hall–Kier alpha value is -0.0400. The van der Waals surface area contributed by atoms with Crippen molar-refractivity contribution in [2.24, 2.45) is 5.92 Å². The third kappa shape index (κ3) is 1.58. The second kappa shape index (κ2) is 3.14. The second-order valence-corrected chi connectivity index (χ2v) is 4.33. The topological polar surface area (TPSA) is 3.24 Å². The molecular weight excluding hydrogens is 134 g/mol. The van der Waals surface area contributed by atoms with Gasteiger partial charge in [0, 0.05) is 12.6 Å². The molecule has 2 aliphatic rings. The highest BCUT2D eigenvalue weighted by Crippen LogP contribution is 2.27. The van der Waals surface area contributed by atoms with Crippen molar-refractivity contribution in [2.75, 3.05) is 13.1 Å². The van der Waals surface area contributed by atoms with Crippen LogP contribution in [-0.4, -0.2) is 24.0 Å². The van der Waals surface area contributed by atoms with Crippen LogP contribution in [0.15, 0.2) is 0 Å². The van der Waals surface area contributed by atoms with Crippen LogP contribution in [0.3, 0.4) is 0 Å². The second-order valence-electron chi connectivity index (χ2n) is 4.33. The Labute approximate surface area is 69.8 Å². The van der Waals surface area contributed by atoms with Crippen molar-refractivity contribution in [1.82, 2.24) is 4.90 Å². The van der Waals surface area contributed by atoms with E-state index in [1.165, 1.54) is 45.2 Å². The fourth-order valence-electron chi connectivity index (χ4n) is 2.57. The molecule has 11 heavy (non-hydrogen) atoms. The lowest BCUT2D eigenvalue weighted by Gasteiger charge is -2.22. The van der Waals surface area contributed by atoms with E-state index in [2.05, 4.69) is 11.8 Å². The zero-order valence-corrected chi connectivity index (χ0v) is 7.55. The summed E-state index contributed by atoms with van der Waals surface area (Å²) in [7, 11) is 0. The summed E-state index contributed by atoms with van der Waals surface area (Å²) < 4.78 is 0. The molecule has 0 amide bonds. The molecule has 1 atom stereocenters. The predicted octanol–water partition coefficient (Wildman–Crippen LogP) is 2.27. The summed E-state index contributed by atoms with van der Waals surface area (Å²) in [4.78, 5) is 2.72. The SMILES string of the molecule is C[C@@H]1CCN(C2CCCC2)C1. The summed E-state index contributed by atoms with van der Waals surface area (Å²) in [5.41, 5.74) is 0. The molecule has 1 aliphatic heterocycles.